The number of halogens is 1. The molecule has 4 nitrogen and oxygen atoms in total. The fourth-order valence-corrected chi connectivity index (χ4v) is 2.11. The van der Waals surface area contributed by atoms with Crippen molar-refractivity contribution in [3.8, 4) is 0 Å². The number of hydrogen-bond acceptors (Lipinski definition) is 3. The third-order valence-corrected chi connectivity index (χ3v) is 3.39. The Morgan fingerprint density at radius 1 is 1.65 bits per heavy atom. The minimum atomic E-state index is -0.546. The largest absolute Gasteiger partial charge is 0.324 e. The lowest BCUT2D eigenvalue weighted by molar-refractivity contribution is -0.124. The molecule has 0 aromatic carbocycles. The molecule has 17 heavy (non-hydrogen) atoms. The molecule has 2 N–H and O–H groups in total. The van der Waals surface area contributed by atoms with Gasteiger partial charge < -0.3 is 10.6 Å². The van der Waals surface area contributed by atoms with Crippen molar-refractivity contribution in [3.63, 3.8) is 0 Å². The first-order valence-corrected chi connectivity index (χ1v) is 5.80. The van der Waals surface area contributed by atoms with E-state index in [-0.39, 0.29) is 11.3 Å². The third-order valence-electron chi connectivity index (χ3n) is 3.39. The number of aromatic nitrogens is 1. The number of nitrogens with one attached hydrogen (secondary N) is 2. The predicted molar refractivity (Wildman–Crippen MR) is 63.0 cm³/mol. The van der Waals surface area contributed by atoms with Crippen LogP contribution in [0.15, 0.2) is 18.3 Å². The van der Waals surface area contributed by atoms with E-state index in [4.69, 9.17) is 0 Å². The maximum atomic E-state index is 12.6. The minimum Gasteiger partial charge on any atom is -0.324 e. The molecule has 0 bridgehead atoms. The minimum absolute atomic E-state index is 0.0154. The van der Waals surface area contributed by atoms with Gasteiger partial charge in [0.2, 0.25) is 11.9 Å². The van der Waals surface area contributed by atoms with Crippen LogP contribution in [0.2, 0.25) is 0 Å². The van der Waals surface area contributed by atoms with E-state index in [1.165, 1.54) is 18.3 Å². The summed E-state index contributed by atoms with van der Waals surface area (Å²) in [7, 11) is 0. The van der Waals surface area contributed by atoms with E-state index in [2.05, 4.69) is 15.6 Å². The molecule has 1 unspecified atom stereocenters. The van der Waals surface area contributed by atoms with Crippen molar-refractivity contribution in [2.45, 2.75) is 19.8 Å². The molecule has 1 aliphatic heterocycles. The standard InChI is InChI=1S/C12H16FN3O/c1-2-12(5-6-14-8-12)11(17)16-9-3-4-10(13)15-7-9/h3-4,7,14H,2,5-6,8H2,1H3,(H,16,17). The van der Waals surface area contributed by atoms with Gasteiger partial charge in [0.1, 0.15) is 0 Å². The predicted octanol–water partition coefficient (Wildman–Crippen LogP) is 1.55. The van der Waals surface area contributed by atoms with Gasteiger partial charge in [-0.1, -0.05) is 6.92 Å². The Hall–Kier alpha value is -1.49. The molecule has 2 heterocycles. The molecule has 1 saturated heterocycles. The Morgan fingerprint density at radius 3 is 3.00 bits per heavy atom. The summed E-state index contributed by atoms with van der Waals surface area (Å²) in [5.41, 5.74) is 0.199. The normalized spacial score (nSPS) is 23.6. The lowest BCUT2D eigenvalue weighted by Gasteiger charge is -2.25. The molecule has 0 radical (unpaired) electrons. The molecular weight excluding hydrogens is 221 g/mol. The Bertz CT molecular complexity index is 399. The zero-order valence-electron chi connectivity index (χ0n) is 9.79. The van der Waals surface area contributed by atoms with Gasteiger partial charge in [0.15, 0.2) is 0 Å². The van der Waals surface area contributed by atoms with Crippen LogP contribution in [0.1, 0.15) is 19.8 Å². The fraction of sp³-hybridized carbons (Fsp3) is 0.500. The highest BCUT2D eigenvalue weighted by atomic mass is 19.1. The van der Waals surface area contributed by atoms with Crippen LogP contribution in [0.5, 0.6) is 0 Å². The van der Waals surface area contributed by atoms with Crippen molar-refractivity contribution in [1.29, 1.82) is 0 Å². The number of rotatable bonds is 3. The van der Waals surface area contributed by atoms with Crippen molar-refractivity contribution in [1.82, 2.24) is 10.3 Å². The van der Waals surface area contributed by atoms with Gasteiger partial charge in [-0.25, -0.2) is 4.98 Å². The van der Waals surface area contributed by atoms with E-state index in [1.54, 1.807) is 0 Å². The lowest BCUT2D eigenvalue weighted by Crippen LogP contribution is -2.37. The highest BCUT2D eigenvalue weighted by Crippen LogP contribution is 2.30. The summed E-state index contributed by atoms with van der Waals surface area (Å²) in [5, 5.41) is 6.00. The quantitative estimate of drug-likeness (QED) is 0.784. The van der Waals surface area contributed by atoms with Gasteiger partial charge in [-0.2, -0.15) is 4.39 Å². The SMILES string of the molecule is CCC1(C(=O)Nc2ccc(F)nc2)CCNC1. The number of carbonyl (C=O) groups is 1. The number of amides is 1. The molecular formula is C12H16FN3O. The number of anilines is 1. The van der Waals surface area contributed by atoms with Crippen molar-refractivity contribution in [3.05, 3.63) is 24.3 Å². The van der Waals surface area contributed by atoms with Crippen molar-refractivity contribution < 1.29 is 9.18 Å². The van der Waals surface area contributed by atoms with E-state index in [0.29, 0.717) is 12.2 Å². The summed E-state index contributed by atoms with van der Waals surface area (Å²) < 4.78 is 12.6. The van der Waals surface area contributed by atoms with Crippen LogP contribution in [-0.4, -0.2) is 24.0 Å². The zero-order chi connectivity index (χ0) is 12.3. The number of pyridine rings is 1. The molecule has 5 heteroatoms. The topological polar surface area (TPSA) is 54.0 Å². The van der Waals surface area contributed by atoms with Crippen molar-refractivity contribution >= 4 is 11.6 Å². The first kappa shape index (κ1) is 12.0. The van der Waals surface area contributed by atoms with Crippen molar-refractivity contribution in [2.24, 2.45) is 5.41 Å². The summed E-state index contributed by atoms with van der Waals surface area (Å²) in [6, 6.07) is 2.76. The number of carbonyl (C=O) groups excluding carboxylic acids is 1. The van der Waals surface area contributed by atoms with Gasteiger partial charge in [-0.3, -0.25) is 4.79 Å². The molecule has 2 rings (SSSR count). The van der Waals surface area contributed by atoms with E-state index in [9.17, 15) is 9.18 Å². The van der Waals surface area contributed by atoms with Gasteiger partial charge >= 0.3 is 0 Å². The molecule has 1 aromatic rings. The van der Waals surface area contributed by atoms with Crippen LogP contribution in [0, 0.1) is 11.4 Å². The van der Waals surface area contributed by atoms with E-state index in [1.807, 2.05) is 6.92 Å². The van der Waals surface area contributed by atoms with Crippen LogP contribution >= 0.6 is 0 Å². The number of nitrogens with zero attached hydrogens (tertiary/aromatic N) is 1. The second-order valence-corrected chi connectivity index (χ2v) is 4.38. The highest BCUT2D eigenvalue weighted by molar-refractivity contribution is 5.95. The van der Waals surface area contributed by atoms with Crippen LogP contribution < -0.4 is 10.6 Å². The smallest absolute Gasteiger partial charge is 0.231 e. The molecule has 1 amide bonds. The Labute approximate surface area is 99.6 Å². The molecule has 0 saturated carbocycles. The third kappa shape index (κ3) is 2.44. The first-order chi connectivity index (χ1) is 8.16. The Morgan fingerprint density at radius 2 is 2.47 bits per heavy atom. The van der Waals surface area contributed by atoms with Gasteiger partial charge in [-0.15, -0.1) is 0 Å². The van der Waals surface area contributed by atoms with E-state index >= 15 is 0 Å². The maximum absolute atomic E-state index is 12.6. The van der Waals surface area contributed by atoms with Crippen LogP contribution in [0.3, 0.4) is 0 Å². The van der Waals surface area contributed by atoms with Gasteiger partial charge in [0.05, 0.1) is 17.3 Å². The Kier molecular flexibility index (Phi) is 3.38. The molecule has 1 aliphatic rings. The van der Waals surface area contributed by atoms with E-state index in [0.717, 1.165) is 19.4 Å². The van der Waals surface area contributed by atoms with Crippen LogP contribution in [-0.2, 0) is 4.79 Å². The number of hydrogen-bond donors (Lipinski definition) is 2. The highest BCUT2D eigenvalue weighted by Gasteiger charge is 2.39. The molecule has 92 valence electrons. The molecule has 0 aliphatic carbocycles. The van der Waals surface area contributed by atoms with Crippen LogP contribution in [0.4, 0.5) is 10.1 Å². The first-order valence-electron chi connectivity index (χ1n) is 5.80. The fourth-order valence-electron chi connectivity index (χ4n) is 2.11. The summed E-state index contributed by atoms with van der Waals surface area (Å²) in [4.78, 5) is 15.7. The molecule has 1 fully saturated rings. The lowest BCUT2D eigenvalue weighted by atomic mass is 9.83. The van der Waals surface area contributed by atoms with E-state index < -0.39 is 5.95 Å². The monoisotopic (exact) mass is 237 g/mol. The summed E-state index contributed by atoms with van der Waals surface area (Å²) >= 11 is 0. The Balaban J connectivity index is 2.08. The van der Waals surface area contributed by atoms with Gasteiger partial charge in [0, 0.05) is 6.54 Å². The van der Waals surface area contributed by atoms with Crippen LogP contribution in [0.25, 0.3) is 0 Å². The summed E-state index contributed by atoms with van der Waals surface area (Å²) in [6.45, 7) is 3.57. The maximum Gasteiger partial charge on any atom is 0.231 e. The second-order valence-electron chi connectivity index (χ2n) is 4.38. The molecule has 1 aromatic heterocycles. The molecule has 0 spiro atoms. The average molecular weight is 237 g/mol. The van der Waals surface area contributed by atoms with Gasteiger partial charge in [0.25, 0.3) is 0 Å². The zero-order valence-corrected chi connectivity index (χ0v) is 9.79. The second kappa shape index (κ2) is 4.79. The summed E-state index contributed by atoms with van der Waals surface area (Å²) in [6.07, 6.45) is 2.96. The molecule has 1 atom stereocenters. The average Bonchev–Trinajstić information content (AvgIpc) is 2.82. The van der Waals surface area contributed by atoms with Gasteiger partial charge in [-0.05, 0) is 31.5 Å². The van der Waals surface area contributed by atoms with Crippen molar-refractivity contribution in [2.75, 3.05) is 18.4 Å². The summed E-state index contributed by atoms with van der Waals surface area (Å²) in [5.74, 6) is -0.561.